The normalized spacial score (nSPS) is 19.7. The summed E-state index contributed by atoms with van der Waals surface area (Å²) >= 11 is 5.36. The molecule has 0 fully saturated rings. The molecule has 1 heterocycles. The molecule has 254 valence electrons. The van der Waals surface area contributed by atoms with Crippen LogP contribution in [0.15, 0.2) is 48.5 Å². The number of amides is 1. The fraction of sp³-hybridized carbons (Fsp3) is 0.514. The number of para-hydroxylation sites is 1. The monoisotopic (exact) mass is 669 g/mol. The molecule has 10 heteroatoms. The fourth-order valence-corrected chi connectivity index (χ4v) is 7.19. The number of benzene rings is 2. The van der Waals surface area contributed by atoms with E-state index in [1.165, 1.54) is 6.07 Å². The Morgan fingerprint density at radius 1 is 0.957 bits per heavy atom. The number of hydrogen-bond donors (Lipinski definition) is 3. The van der Waals surface area contributed by atoms with Crippen molar-refractivity contribution in [2.75, 3.05) is 0 Å². The van der Waals surface area contributed by atoms with E-state index in [1.807, 2.05) is 65.0 Å². The summed E-state index contributed by atoms with van der Waals surface area (Å²) < 4.78 is 41.8. The molecule has 6 atom stereocenters. The quantitative estimate of drug-likeness (QED) is 0.152. The molecule has 1 aliphatic rings. The first-order valence-electron chi connectivity index (χ1n) is 16.5. The highest BCUT2D eigenvalue weighted by atomic mass is 32.1. The number of H-pyrrole nitrogens is 1. The van der Waals surface area contributed by atoms with Gasteiger partial charge in [0, 0.05) is 48.1 Å². The smallest absolute Gasteiger partial charge is 0.393 e. The van der Waals surface area contributed by atoms with E-state index in [4.69, 9.17) is 18.0 Å². The van der Waals surface area contributed by atoms with E-state index < -0.39 is 40.9 Å². The van der Waals surface area contributed by atoms with Crippen LogP contribution in [0.1, 0.15) is 95.0 Å². The Kier molecular flexibility index (Phi) is 11.4. The van der Waals surface area contributed by atoms with E-state index in [0.29, 0.717) is 23.1 Å². The van der Waals surface area contributed by atoms with Crippen LogP contribution < -0.4 is 11.1 Å². The molecule has 2 aromatic carbocycles. The van der Waals surface area contributed by atoms with Crippen molar-refractivity contribution in [1.82, 2.24) is 10.3 Å². The number of aromatic amines is 1. The predicted molar refractivity (Wildman–Crippen MR) is 183 cm³/mol. The molecular weight excluding hydrogens is 623 g/mol. The maximum Gasteiger partial charge on any atom is 0.418 e. The van der Waals surface area contributed by atoms with E-state index in [-0.39, 0.29) is 66.0 Å². The van der Waals surface area contributed by atoms with Crippen molar-refractivity contribution in [1.29, 1.82) is 0 Å². The number of carbonyl (C=O) groups is 3. The maximum absolute atomic E-state index is 14.5. The van der Waals surface area contributed by atoms with Crippen molar-refractivity contribution in [3.05, 3.63) is 70.9 Å². The highest BCUT2D eigenvalue weighted by Gasteiger charge is 2.46. The van der Waals surface area contributed by atoms with Crippen molar-refractivity contribution in [3.63, 3.8) is 0 Å². The number of carbonyl (C=O) groups excluding carboxylic acids is 3. The van der Waals surface area contributed by atoms with Crippen molar-refractivity contribution in [2.24, 2.45) is 29.4 Å². The van der Waals surface area contributed by atoms with Crippen LogP contribution in [-0.4, -0.2) is 33.0 Å². The largest absolute Gasteiger partial charge is 0.418 e. The number of hydrogen-bond acceptors (Lipinski definition) is 4. The zero-order valence-corrected chi connectivity index (χ0v) is 28.6. The molecule has 4 N–H and O–H groups in total. The number of rotatable bonds is 14. The van der Waals surface area contributed by atoms with Gasteiger partial charge in [-0.25, -0.2) is 0 Å². The minimum Gasteiger partial charge on any atom is -0.393 e. The summed E-state index contributed by atoms with van der Waals surface area (Å²) in [5.74, 6) is -2.43. The number of aryl methyl sites for hydroxylation is 1. The minimum absolute atomic E-state index is 0.00315. The molecular formula is C37H46F3N3O3S. The second kappa shape index (κ2) is 14.7. The second-order valence-corrected chi connectivity index (χ2v) is 13.8. The Morgan fingerprint density at radius 3 is 2.19 bits per heavy atom. The summed E-state index contributed by atoms with van der Waals surface area (Å²) in [5, 5.41) is 3.49. The molecule has 0 aliphatic heterocycles. The number of halogens is 3. The molecule has 0 saturated heterocycles. The molecule has 0 spiro atoms. The van der Waals surface area contributed by atoms with E-state index in [2.05, 4.69) is 10.3 Å². The number of nitrogens with two attached hydrogens (primary N) is 1. The lowest BCUT2D eigenvalue weighted by molar-refractivity contribution is -0.137. The Balaban J connectivity index is 1.74. The average molecular weight is 670 g/mol. The van der Waals surface area contributed by atoms with Crippen molar-refractivity contribution in [3.8, 4) is 0 Å². The highest BCUT2D eigenvalue weighted by molar-refractivity contribution is 7.80. The van der Waals surface area contributed by atoms with Crippen LogP contribution in [0.2, 0.25) is 0 Å². The van der Waals surface area contributed by atoms with Gasteiger partial charge in [-0.15, -0.1) is 0 Å². The highest BCUT2D eigenvalue weighted by Crippen LogP contribution is 2.41. The minimum atomic E-state index is -4.57. The Bertz CT molecular complexity index is 1620. The van der Waals surface area contributed by atoms with Crippen LogP contribution in [0.5, 0.6) is 0 Å². The number of alkyl halides is 3. The molecule has 6 nitrogen and oxygen atoms in total. The van der Waals surface area contributed by atoms with Gasteiger partial charge >= 0.3 is 6.18 Å². The van der Waals surface area contributed by atoms with Gasteiger partial charge in [0.15, 0.2) is 5.78 Å². The van der Waals surface area contributed by atoms with Gasteiger partial charge in [-0.05, 0) is 41.9 Å². The summed E-state index contributed by atoms with van der Waals surface area (Å²) in [7, 11) is 0. The third-order valence-electron chi connectivity index (χ3n) is 10.5. The number of aromatic nitrogens is 1. The number of Topliss-reactive ketones (excluding diaryl/α,β-unsaturated/α-hetero) is 2. The van der Waals surface area contributed by atoms with Crippen LogP contribution in [0.4, 0.5) is 13.2 Å². The lowest BCUT2D eigenvalue weighted by atomic mass is 9.72. The molecule has 0 radical (unpaired) electrons. The molecule has 4 rings (SSSR count). The first-order chi connectivity index (χ1) is 22.1. The van der Waals surface area contributed by atoms with Gasteiger partial charge in [-0.2, -0.15) is 13.2 Å². The van der Waals surface area contributed by atoms with Crippen molar-refractivity contribution in [2.45, 2.75) is 97.2 Å². The molecule has 1 amide bonds. The first kappa shape index (κ1) is 36.3. The third-order valence-corrected chi connectivity index (χ3v) is 10.8. The van der Waals surface area contributed by atoms with E-state index in [1.54, 1.807) is 6.07 Å². The number of thiocarbonyl (C=S) groups is 1. The summed E-state index contributed by atoms with van der Waals surface area (Å²) in [6.07, 6.45) is -2.75. The Morgan fingerprint density at radius 2 is 1.60 bits per heavy atom. The lowest BCUT2D eigenvalue weighted by Crippen LogP contribution is -2.60. The van der Waals surface area contributed by atoms with Gasteiger partial charge in [0.1, 0.15) is 11.3 Å². The number of nitrogens with one attached hydrogen (secondary N) is 2. The molecule has 1 aliphatic carbocycles. The molecule has 3 aromatic rings. The average Bonchev–Trinajstić information content (AvgIpc) is 3.42. The topological polar surface area (TPSA) is 105 Å². The molecule has 0 bridgehead atoms. The lowest BCUT2D eigenvalue weighted by Gasteiger charge is -2.39. The summed E-state index contributed by atoms with van der Waals surface area (Å²) in [5.41, 5.74) is 5.94. The van der Waals surface area contributed by atoms with Crippen molar-refractivity contribution >= 4 is 45.6 Å². The second-order valence-electron chi connectivity index (χ2n) is 13.4. The predicted octanol–water partition coefficient (Wildman–Crippen LogP) is 7.86. The van der Waals surface area contributed by atoms with Gasteiger partial charge in [0.05, 0.1) is 16.1 Å². The zero-order valence-electron chi connectivity index (χ0n) is 27.8. The fourth-order valence-electron chi connectivity index (χ4n) is 6.87. The molecule has 2 unspecified atom stereocenters. The van der Waals surface area contributed by atoms with E-state index in [9.17, 15) is 27.6 Å². The summed E-state index contributed by atoms with van der Waals surface area (Å²) in [4.78, 5) is 45.5. The van der Waals surface area contributed by atoms with Crippen LogP contribution in [0.25, 0.3) is 10.9 Å². The zero-order chi connectivity index (χ0) is 34.7. The maximum atomic E-state index is 14.5. The standard InChI is InChI=1S/C37H46F3N3O3S/c1-6-21(3)26(34(41)47)19-32(45)36(17-16-30-28(20-36)25-14-11-15-29(33(25)42-30)37(38,39)40)43-35(46)27(22(4)7-2)18-31(44)23(5)24-12-9-8-10-13-24/h8-15,21-23,26-27,42H,6-7,16-20H2,1-5H3,(H2,41,47)(H,43,46)/t21?,22?,23-,26+,27+,36-/m1/s1. The van der Waals surface area contributed by atoms with Crippen LogP contribution >= 0.6 is 12.2 Å². The van der Waals surface area contributed by atoms with Crippen LogP contribution in [0, 0.1) is 23.7 Å². The summed E-state index contributed by atoms with van der Waals surface area (Å²) in [6, 6.07) is 13.4. The van der Waals surface area contributed by atoms with Gasteiger partial charge < -0.3 is 16.0 Å². The number of fused-ring (bicyclic) bond motifs is 3. The van der Waals surface area contributed by atoms with Gasteiger partial charge in [-0.1, -0.05) is 102 Å². The first-order valence-corrected chi connectivity index (χ1v) is 17.0. The third kappa shape index (κ3) is 7.79. The van der Waals surface area contributed by atoms with Gasteiger partial charge in [0.2, 0.25) is 5.91 Å². The summed E-state index contributed by atoms with van der Waals surface area (Å²) in [6.45, 7) is 9.65. The Hall–Kier alpha value is -3.53. The van der Waals surface area contributed by atoms with Crippen LogP contribution in [-0.2, 0) is 33.4 Å². The van der Waals surface area contributed by atoms with Crippen molar-refractivity contribution < 1.29 is 27.6 Å². The van der Waals surface area contributed by atoms with Gasteiger partial charge in [0.25, 0.3) is 0 Å². The molecule has 47 heavy (non-hydrogen) atoms. The van der Waals surface area contributed by atoms with E-state index >= 15 is 0 Å². The van der Waals surface area contributed by atoms with Gasteiger partial charge in [-0.3, -0.25) is 14.4 Å². The molecule has 1 aromatic heterocycles. The number of ketones is 2. The van der Waals surface area contributed by atoms with Crippen LogP contribution in [0.3, 0.4) is 0 Å². The van der Waals surface area contributed by atoms with E-state index in [0.717, 1.165) is 18.1 Å². The Labute approximate surface area is 280 Å². The molecule has 0 saturated carbocycles. The SMILES string of the molecule is CCC(C)[C@H](CC(=O)[C@H](C)c1ccccc1)C(=O)N[C@]1(C(=O)C[C@H](C(N)=S)C(C)CC)CCc2[nH]c3c(C(F)(F)F)cccc3c2C1.